The van der Waals surface area contributed by atoms with Crippen LogP contribution in [0.25, 0.3) is 11.2 Å². The van der Waals surface area contributed by atoms with E-state index in [1.54, 1.807) is 0 Å². The third kappa shape index (κ3) is 5.17. The summed E-state index contributed by atoms with van der Waals surface area (Å²) in [6.07, 6.45) is -4.18. The summed E-state index contributed by atoms with van der Waals surface area (Å²) < 4.78 is 80.1. The molecule has 4 rings (SSSR count). The van der Waals surface area contributed by atoms with Crippen molar-refractivity contribution < 1.29 is 26.3 Å². The van der Waals surface area contributed by atoms with Crippen molar-refractivity contribution in [3.8, 4) is 0 Å². The van der Waals surface area contributed by atoms with E-state index in [1.807, 2.05) is 0 Å². The van der Waals surface area contributed by atoms with Crippen LogP contribution in [0.4, 0.5) is 26.3 Å². The number of nitrogens with zero attached hydrogens (tertiary/aromatic N) is 4. The Bertz CT molecular complexity index is 1210. The molecule has 0 spiro atoms. The predicted octanol–water partition coefficient (Wildman–Crippen LogP) is 5.41. The van der Waals surface area contributed by atoms with Gasteiger partial charge in [-0.2, -0.15) is 26.3 Å². The first-order chi connectivity index (χ1) is 15.5. The van der Waals surface area contributed by atoms with Crippen LogP contribution in [0.1, 0.15) is 60.5 Å². The third-order valence-electron chi connectivity index (χ3n) is 5.80. The van der Waals surface area contributed by atoms with Crippen molar-refractivity contribution in [2.45, 2.75) is 63.3 Å². The zero-order valence-corrected chi connectivity index (χ0v) is 17.4. The molecule has 0 aliphatic heterocycles. The molecule has 0 aromatic carbocycles. The summed E-state index contributed by atoms with van der Waals surface area (Å²) in [5.41, 5.74) is -1.92. The van der Waals surface area contributed by atoms with Gasteiger partial charge in [0.05, 0.1) is 36.1 Å². The smallest absolute Gasteiger partial charge is 0.285 e. The molecule has 0 radical (unpaired) electrons. The van der Waals surface area contributed by atoms with Gasteiger partial charge in [0.1, 0.15) is 5.52 Å². The molecule has 0 N–H and O–H groups in total. The van der Waals surface area contributed by atoms with E-state index in [0.29, 0.717) is 18.4 Å². The summed E-state index contributed by atoms with van der Waals surface area (Å²) in [6, 6.07) is 3.46. The Hall–Kier alpha value is -2.98. The second-order valence-corrected chi connectivity index (χ2v) is 8.18. The highest BCUT2D eigenvalue weighted by molar-refractivity contribution is 5.71. The van der Waals surface area contributed by atoms with Gasteiger partial charge in [0.2, 0.25) is 0 Å². The molecule has 3 aromatic rings. The second kappa shape index (κ2) is 8.75. The monoisotopic (exact) mass is 470 g/mol. The van der Waals surface area contributed by atoms with Gasteiger partial charge in [-0.15, -0.1) is 0 Å². The number of hydrogen-bond donors (Lipinski definition) is 0. The van der Waals surface area contributed by atoms with E-state index in [4.69, 9.17) is 0 Å². The zero-order valence-electron chi connectivity index (χ0n) is 17.4. The van der Waals surface area contributed by atoms with Crippen LogP contribution in [-0.2, 0) is 19.1 Å². The first-order valence-corrected chi connectivity index (χ1v) is 10.5. The van der Waals surface area contributed by atoms with Crippen LogP contribution in [0, 0.1) is 0 Å². The van der Waals surface area contributed by atoms with Crippen LogP contribution in [0.2, 0.25) is 0 Å². The van der Waals surface area contributed by atoms with Gasteiger partial charge in [-0.1, -0.05) is 19.3 Å². The quantitative estimate of drug-likeness (QED) is 0.479. The average molecular weight is 470 g/mol. The SMILES string of the molecule is O=c1c(C2CCCCC2)cc2nc(CC(F)(F)F)cnc2n1Cc1ncccc1C(F)(F)F. The molecule has 1 saturated carbocycles. The molecule has 176 valence electrons. The maximum Gasteiger partial charge on any atom is 0.418 e. The van der Waals surface area contributed by atoms with Crippen molar-refractivity contribution in [1.82, 2.24) is 19.5 Å². The molecule has 3 heterocycles. The van der Waals surface area contributed by atoms with Crippen molar-refractivity contribution in [1.29, 1.82) is 0 Å². The minimum Gasteiger partial charge on any atom is -0.285 e. The van der Waals surface area contributed by atoms with E-state index >= 15 is 0 Å². The largest absolute Gasteiger partial charge is 0.418 e. The molecule has 0 amide bonds. The van der Waals surface area contributed by atoms with Gasteiger partial charge >= 0.3 is 12.4 Å². The van der Waals surface area contributed by atoms with E-state index in [0.717, 1.165) is 42.2 Å². The number of fused-ring (bicyclic) bond motifs is 1. The van der Waals surface area contributed by atoms with Gasteiger partial charge in [0, 0.05) is 11.8 Å². The molecule has 0 unspecified atom stereocenters. The lowest BCUT2D eigenvalue weighted by molar-refractivity contribution is -0.138. The van der Waals surface area contributed by atoms with E-state index < -0.39 is 36.4 Å². The van der Waals surface area contributed by atoms with Crippen LogP contribution in [0.5, 0.6) is 0 Å². The first-order valence-electron chi connectivity index (χ1n) is 10.5. The molecule has 5 nitrogen and oxygen atoms in total. The van der Waals surface area contributed by atoms with Crippen LogP contribution in [-0.4, -0.2) is 25.7 Å². The standard InChI is InChI=1S/C22H20F6N4O/c23-21(24,25)10-14-11-30-19-17(31-14)9-15(13-5-2-1-3-6-13)20(33)32(19)12-18-16(22(26,27)28)7-4-8-29-18/h4,7-9,11,13H,1-3,5-6,10,12H2. The number of alkyl halides is 6. The lowest BCUT2D eigenvalue weighted by Gasteiger charge is -2.23. The Morgan fingerprint density at radius 1 is 1.03 bits per heavy atom. The van der Waals surface area contributed by atoms with Crippen LogP contribution in [0.15, 0.2) is 35.4 Å². The number of aromatic nitrogens is 4. The summed E-state index contributed by atoms with van der Waals surface area (Å²) in [4.78, 5) is 25.2. The van der Waals surface area contributed by atoms with Gasteiger partial charge < -0.3 is 0 Å². The van der Waals surface area contributed by atoms with Gasteiger partial charge in [-0.3, -0.25) is 14.3 Å². The molecule has 33 heavy (non-hydrogen) atoms. The number of halogens is 6. The molecular formula is C22H20F6N4O. The van der Waals surface area contributed by atoms with Crippen LogP contribution < -0.4 is 5.56 Å². The highest BCUT2D eigenvalue weighted by atomic mass is 19.4. The zero-order chi connectivity index (χ0) is 23.8. The van der Waals surface area contributed by atoms with Crippen molar-refractivity contribution in [3.05, 3.63) is 63.5 Å². The summed E-state index contributed by atoms with van der Waals surface area (Å²) in [7, 11) is 0. The van der Waals surface area contributed by atoms with Crippen molar-refractivity contribution in [2.75, 3.05) is 0 Å². The van der Waals surface area contributed by atoms with E-state index in [2.05, 4.69) is 15.0 Å². The summed E-state index contributed by atoms with van der Waals surface area (Å²) >= 11 is 0. The summed E-state index contributed by atoms with van der Waals surface area (Å²) in [5, 5.41) is 0. The predicted molar refractivity (Wildman–Crippen MR) is 108 cm³/mol. The molecule has 1 aliphatic rings. The Kier molecular flexibility index (Phi) is 6.15. The highest BCUT2D eigenvalue weighted by Crippen LogP contribution is 2.33. The molecule has 1 fully saturated rings. The molecule has 1 aliphatic carbocycles. The number of hydrogen-bond acceptors (Lipinski definition) is 4. The number of rotatable bonds is 4. The van der Waals surface area contributed by atoms with Crippen LogP contribution in [0.3, 0.4) is 0 Å². The summed E-state index contributed by atoms with van der Waals surface area (Å²) in [6.45, 7) is -0.529. The van der Waals surface area contributed by atoms with Gasteiger partial charge in [0.25, 0.3) is 5.56 Å². The first kappa shape index (κ1) is 23.2. The lowest BCUT2D eigenvalue weighted by Crippen LogP contribution is -2.29. The molecule has 0 atom stereocenters. The van der Waals surface area contributed by atoms with Crippen molar-refractivity contribution in [3.63, 3.8) is 0 Å². The molecule has 3 aromatic heterocycles. The van der Waals surface area contributed by atoms with Gasteiger partial charge in [0.15, 0.2) is 5.65 Å². The van der Waals surface area contributed by atoms with E-state index in [-0.39, 0.29) is 28.5 Å². The Morgan fingerprint density at radius 3 is 2.42 bits per heavy atom. The molecule has 11 heteroatoms. The Labute approximate surface area is 184 Å². The molecule has 0 bridgehead atoms. The normalized spacial score (nSPS) is 15.8. The van der Waals surface area contributed by atoms with Crippen LogP contribution >= 0.6 is 0 Å². The molecular weight excluding hydrogens is 450 g/mol. The topological polar surface area (TPSA) is 60.7 Å². The maximum atomic E-state index is 13.5. The lowest BCUT2D eigenvalue weighted by atomic mass is 9.84. The van der Waals surface area contributed by atoms with Gasteiger partial charge in [-0.25, -0.2) is 9.97 Å². The molecule has 0 saturated heterocycles. The van der Waals surface area contributed by atoms with Crippen molar-refractivity contribution >= 4 is 11.2 Å². The minimum absolute atomic E-state index is 0.0430. The highest BCUT2D eigenvalue weighted by Gasteiger charge is 2.34. The van der Waals surface area contributed by atoms with E-state index in [9.17, 15) is 31.1 Å². The fraction of sp³-hybridized carbons (Fsp3) is 0.455. The Balaban J connectivity index is 1.88. The third-order valence-corrected chi connectivity index (χ3v) is 5.80. The van der Waals surface area contributed by atoms with Crippen molar-refractivity contribution in [2.24, 2.45) is 0 Å². The number of pyridine rings is 2. The fourth-order valence-electron chi connectivity index (χ4n) is 4.32. The minimum atomic E-state index is -4.68. The van der Waals surface area contributed by atoms with E-state index in [1.165, 1.54) is 12.3 Å². The van der Waals surface area contributed by atoms with Gasteiger partial charge in [-0.05, 0) is 37.0 Å². The Morgan fingerprint density at radius 2 is 1.76 bits per heavy atom. The fourth-order valence-corrected chi connectivity index (χ4v) is 4.32. The summed E-state index contributed by atoms with van der Waals surface area (Å²) in [5.74, 6) is -0.138. The average Bonchev–Trinajstić information content (AvgIpc) is 2.74. The second-order valence-electron chi connectivity index (χ2n) is 8.18. The maximum absolute atomic E-state index is 13.5.